The standard InChI is InChI=1S/C24H38O4/c1-9-20(28-21-12-10-11-13-26-21)17-14-18(23(3,4)5)22(27-16(2)25)19(15-17)24(6,7)8/h14-15,20-21H,9-13H2,1-8H3. The van der Waals surface area contributed by atoms with Crippen LogP contribution in [0.5, 0.6) is 5.75 Å². The molecule has 0 spiro atoms. The van der Waals surface area contributed by atoms with Gasteiger partial charge >= 0.3 is 5.97 Å². The van der Waals surface area contributed by atoms with Crippen molar-refractivity contribution >= 4 is 5.97 Å². The van der Waals surface area contributed by atoms with E-state index >= 15 is 0 Å². The van der Waals surface area contributed by atoms with Crippen LogP contribution in [0, 0.1) is 0 Å². The van der Waals surface area contributed by atoms with Crippen molar-refractivity contribution in [1.82, 2.24) is 0 Å². The van der Waals surface area contributed by atoms with Gasteiger partial charge in [-0.3, -0.25) is 4.79 Å². The smallest absolute Gasteiger partial charge is 0.308 e. The van der Waals surface area contributed by atoms with Crippen molar-refractivity contribution in [2.45, 2.75) is 104 Å². The van der Waals surface area contributed by atoms with E-state index < -0.39 is 0 Å². The lowest BCUT2D eigenvalue weighted by Gasteiger charge is -2.32. The molecule has 1 aromatic rings. The van der Waals surface area contributed by atoms with Crippen molar-refractivity contribution in [3.05, 3.63) is 28.8 Å². The van der Waals surface area contributed by atoms with Gasteiger partial charge < -0.3 is 14.2 Å². The van der Waals surface area contributed by atoms with Crippen LogP contribution in [0.2, 0.25) is 0 Å². The van der Waals surface area contributed by atoms with Crippen LogP contribution >= 0.6 is 0 Å². The average Bonchev–Trinajstić information content (AvgIpc) is 2.58. The lowest BCUT2D eigenvalue weighted by molar-refractivity contribution is -0.190. The van der Waals surface area contributed by atoms with Crippen LogP contribution in [0.25, 0.3) is 0 Å². The molecule has 0 radical (unpaired) electrons. The third kappa shape index (κ3) is 5.81. The Kier molecular flexibility index (Phi) is 7.33. The van der Waals surface area contributed by atoms with E-state index in [0.717, 1.165) is 49.0 Å². The summed E-state index contributed by atoms with van der Waals surface area (Å²) in [4.78, 5) is 11.8. The van der Waals surface area contributed by atoms with Gasteiger partial charge in [-0.05, 0) is 54.2 Å². The highest BCUT2D eigenvalue weighted by Gasteiger charge is 2.31. The van der Waals surface area contributed by atoms with Crippen LogP contribution in [0.3, 0.4) is 0 Å². The lowest BCUT2D eigenvalue weighted by atomic mass is 9.77. The number of carbonyl (C=O) groups excluding carboxylic acids is 1. The Labute approximate surface area is 170 Å². The number of rotatable bonds is 5. The molecule has 28 heavy (non-hydrogen) atoms. The fourth-order valence-corrected chi connectivity index (χ4v) is 3.62. The summed E-state index contributed by atoms with van der Waals surface area (Å²) in [5.41, 5.74) is 2.87. The van der Waals surface area contributed by atoms with Crippen molar-refractivity contribution in [2.75, 3.05) is 6.61 Å². The van der Waals surface area contributed by atoms with Crippen LogP contribution in [0.15, 0.2) is 12.1 Å². The number of ether oxygens (including phenoxy) is 3. The van der Waals surface area contributed by atoms with Gasteiger partial charge in [0.25, 0.3) is 0 Å². The van der Waals surface area contributed by atoms with E-state index in [1.54, 1.807) is 0 Å². The van der Waals surface area contributed by atoms with Gasteiger partial charge in [0.05, 0.1) is 6.10 Å². The zero-order valence-electron chi connectivity index (χ0n) is 19.0. The first kappa shape index (κ1) is 22.9. The number of hydrogen-bond acceptors (Lipinski definition) is 4. The fraction of sp³-hybridized carbons (Fsp3) is 0.708. The van der Waals surface area contributed by atoms with Crippen LogP contribution in [0.4, 0.5) is 0 Å². The van der Waals surface area contributed by atoms with Gasteiger partial charge in [-0.2, -0.15) is 0 Å². The molecule has 1 fully saturated rings. The zero-order chi connectivity index (χ0) is 21.1. The molecule has 1 aromatic carbocycles. The Morgan fingerprint density at radius 3 is 2.07 bits per heavy atom. The highest BCUT2D eigenvalue weighted by atomic mass is 16.7. The maximum absolute atomic E-state index is 11.8. The summed E-state index contributed by atoms with van der Waals surface area (Å²) in [5, 5.41) is 0. The van der Waals surface area contributed by atoms with Crippen LogP contribution in [-0.2, 0) is 25.1 Å². The van der Waals surface area contributed by atoms with E-state index in [0.29, 0.717) is 5.75 Å². The summed E-state index contributed by atoms with van der Waals surface area (Å²) in [6.45, 7) is 17.3. The monoisotopic (exact) mass is 390 g/mol. The van der Waals surface area contributed by atoms with E-state index in [1.165, 1.54) is 6.92 Å². The van der Waals surface area contributed by atoms with Crippen molar-refractivity contribution in [2.24, 2.45) is 0 Å². The first-order valence-corrected chi connectivity index (χ1v) is 10.6. The quantitative estimate of drug-likeness (QED) is 0.443. The van der Waals surface area contributed by atoms with Crippen molar-refractivity contribution < 1.29 is 19.0 Å². The largest absolute Gasteiger partial charge is 0.426 e. The van der Waals surface area contributed by atoms with Crippen molar-refractivity contribution in [1.29, 1.82) is 0 Å². The van der Waals surface area contributed by atoms with Gasteiger partial charge in [0.15, 0.2) is 6.29 Å². The lowest BCUT2D eigenvalue weighted by Crippen LogP contribution is -2.26. The normalized spacial score (nSPS) is 19.4. The number of carbonyl (C=O) groups is 1. The molecule has 158 valence electrons. The Hall–Kier alpha value is -1.39. The molecule has 0 amide bonds. The molecule has 0 saturated carbocycles. The van der Waals surface area contributed by atoms with Gasteiger partial charge in [0, 0.05) is 24.7 Å². The van der Waals surface area contributed by atoms with E-state index in [9.17, 15) is 4.79 Å². The molecule has 0 N–H and O–H groups in total. The predicted molar refractivity (Wildman–Crippen MR) is 113 cm³/mol. The molecule has 1 aliphatic rings. The summed E-state index contributed by atoms with van der Waals surface area (Å²) in [6.07, 6.45) is 3.88. The van der Waals surface area contributed by atoms with Crippen LogP contribution in [-0.4, -0.2) is 18.9 Å². The highest BCUT2D eigenvalue weighted by molar-refractivity contribution is 5.71. The van der Waals surface area contributed by atoms with Gasteiger partial charge in [-0.15, -0.1) is 0 Å². The van der Waals surface area contributed by atoms with Crippen molar-refractivity contribution in [3.63, 3.8) is 0 Å². The number of esters is 1. The molecule has 4 nitrogen and oxygen atoms in total. The molecule has 1 aliphatic heterocycles. The Morgan fingerprint density at radius 2 is 1.68 bits per heavy atom. The number of hydrogen-bond donors (Lipinski definition) is 0. The van der Waals surface area contributed by atoms with Crippen LogP contribution in [0.1, 0.15) is 104 Å². The second kappa shape index (κ2) is 8.96. The summed E-state index contributed by atoms with van der Waals surface area (Å²) < 4.78 is 17.9. The van der Waals surface area contributed by atoms with Gasteiger partial charge in [-0.25, -0.2) is 0 Å². The first-order valence-electron chi connectivity index (χ1n) is 10.6. The van der Waals surface area contributed by atoms with E-state index in [1.807, 2.05) is 0 Å². The topological polar surface area (TPSA) is 44.8 Å². The third-order valence-electron chi connectivity index (χ3n) is 5.17. The zero-order valence-corrected chi connectivity index (χ0v) is 19.0. The van der Waals surface area contributed by atoms with Crippen LogP contribution < -0.4 is 4.74 Å². The van der Waals surface area contributed by atoms with Gasteiger partial charge in [0.2, 0.25) is 0 Å². The maximum atomic E-state index is 11.8. The molecule has 1 saturated heterocycles. The molecule has 1 heterocycles. The predicted octanol–water partition coefficient (Wildman–Crippen LogP) is 6.20. The van der Waals surface area contributed by atoms with Gasteiger partial charge in [-0.1, -0.05) is 48.5 Å². The molecule has 2 unspecified atom stereocenters. The SMILES string of the molecule is CCC(OC1CCCCO1)c1cc(C(C)(C)C)c(OC(C)=O)c(C(C)(C)C)c1. The molecule has 0 bridgehead atoms. The van der Waals surface area contributed by atoms with Gasteiger partial charge in [0.1, 0.15) is 5.75 Å². The average molecular weight is 391 g/mol. The minimum absolute atomic E-state index is 0.0447. The molecule has 4 heteroatoms. The molecule has 0 aromatic heterocycles. The summed E-state index contributed by atoms with van der Waals surface area (Å²) >= 11 is 0. The maximum Gasteiger partial charge on any atom is 0.308 e. The minimum Gasteiger partial charge on any atom is -0.426 e. The van der Waals surface area contributed by atoms with E-state index in [2.05, 4.69) is 60.6 Å². The highest BCUT2D eigenvalue weighted by Crippen LogP contribution is 2.43. The molecule has 2 rings (SSSR count). The molecular formula is C24H38O4. The second-order valence-electron chi connectivity index (χ2n) is 9.87. The van der Waals surface area contributed by atoms with E-state index in [4.69, 9.17) is 14.2 Å². The Bertz CT molecular complexity index is 638. The Morgan fingerprint density at radius 1 is 1.11 bits per heavy atom. The molecule has 2 atom stereocenters. The second-order valence-corrected chi connectivity index (χ2v) is 9.87. The molecular weight excluding hydrogens is 352 g/mol. The fourth-order valence-electron chi connectivity index (χ4n) is 3.62. The first-order chi connectivity index (χ1) is 12.9. The number of benzene rings is 1. The van der Waals surface area contributed by atoms with Crippen molar-refractivity contribution in [3.8, 4) is 5.75 Å². The minimum atomic E-state index is -0.289. The Balaban J connectivity index is 2.55. The third-order valence-corrected chi connectivity index (χ3v) is 5.17. The summed E-state index contributed by atoms with van der Waals surface area (Å²) in [7, 11) is 0. The summed E-state index contributed by atoms with van der Waals surface area (Å²) in [6, 6.07) is 4.31. The molecule has 0 aliphatic carbocycles. The summed E-state index contributed by atoms with van der Waals surface area (Å²) in [5.74, 6) is 0.405. The van der Waals surface area contributed by atoms with E-state index in [-0.39, 0.29) is 29.2 Å².